The number of ketones is 1. The van der Waals surface area contributed by atoms with E-state index in [0.717, 1.165) is 29.0 Å². The van der Waals surface area contributed by atoms with Crippen LogP contribution in [-0.2, 0) is 6.42 Å². The van der Waals surface area contributed by atoms with Crippen molar-refractivity contribution in [1.29, 1.82) is 0 Å². The molecule has 0 spiro atoms. The monoisotopic (exact) mass is 470 g/mol. The molecule has 0 unspecified atom stereocenters. The van der Waals surface area contributed by atoms with E-state index in [9.17, 15) is 9.59 Å². The second kappa shape index (κ2) is 8.91. The molecule has 2 heterocycles. The Labute approximate surface area is 203 Å². The number of hydrogen-bond acceptors (Lipinski definition) is 6. The Bertz CT molecular complexity index is 1360. The van der Waals surface area contributed by atoms with Crippen LogP contribution in [0.3, 0.4) is 0 Å². The lowest BCUT2D eigenvalue weighted by Gasteiger charge is -2.29. The highest BCUT2D eigenvalue weighted by Crippen LogP contribution is 2.34. The molecule has 2 aliphatic rings. The maximum Gasteiger partial charge on any atom is 0.255 e. The summed E-state index contributed by atoms with van der Waals surface area (Å²) < 4.78 is 16.1. The fourth-order valence-electron chi connectivity index (χ4n) is 4.44. The average molecular weight is 471 g/mol. The van der Waals surface area contributed by atoms with E-state index in [0.29, 0.717) is 28.3 Å². The highest BCUT2D eigenvalue weighted by molar-refractivity contribution is 6.17. The van der Waals surface area contributed by atoms with Crippen LogP contribution in [0.1, 0.15) is 52.1 Å². The van der Waals surface area contributed by atoms with Gasteiger partial charge in [0.15, 0.2) is 17.3 Å². The van der Waals surface area contributed by atoms with Crippen molar-refractivity contribution in [2.45, 2.75) is 32.2 Å². The van der Waals surface area contributed by atoms with Gasteiger partial charge >= 0.3 is 0 Å². The van der Waals surface area contributed by atoms with E-state index < -0.39 is 0 Å². The topological polar surface area (TPSA) is 86.2 Å². The van der Waals surface area contributed by atoms with Crippen LogP contribution >= 0.6 is 0 Å². The maximum atomic E-state index is 13.3. The lowest BCUT2D eigenvalue weighted by molar-refractivity contribution is 0.100. The van der Waals surface area contributed by atoms with Crippen LogP contribution in [0.25, 0.3) is 0 Å². The molecule has 0 bridgehead atoms. The molecular weight excluding hydrogens is 444 g/mol. The molecule has 3 aromatic carbocycles. The number of benzene rings is 3. The minimum Gasteiger partial charge on any atom is -0.497 e. The molecule has 3 aromatic rings. The molecule has 7 nitrogen and oxygen atoms in total. The van der Waals surface area contributed by atoms with Gasteiger partial charge in [-0.2, -0.15) is 0 Å². The number of nitrogens with zero attached hydrogens (tertiary/aromatic N) is 1. The number of carbonyl (C=O) groups is 2. The Morgan fingerprint density at radius 3 is 2.63 bits per heavy atom. The summed E-state index contributed by atoms with van der Waals surface area (Å²) in [5.41, 5.74) is 3.94. The van der Waals surface area contributed by atoms with Crippen LogP contribution in [0.4, 0.5) is 5.69 Å². The molecule has 0 atom stereocenters. The van der Waals surface area contributed by atoms with Crippen LogP contribution in [0.2, 0.25) is 0 Å². The van der Waals surface area contributed by atoms with Gasteiger partial charge in [0.05, 0.1) is 24.8 Å². The van der Waals surface area contributed by atoms with Crippen molar-refractivity contribution in [2.75, 3.05) is 19.2 Å². The summed E-state index contributed by atoms with van der Waals surface area (Å²) in [6.07, 6.45) is 0.927. The summed E-state index contributed by atoms with van der Waals surface area (Å²) >= 11 is 0. The van der Waals surface area contributed by atoms with Crippen molar-refractivity contribution in [3.8, 4) is 17.2 Å². The first-order valence-corrected chi connectivity index (χ1v) is 11.4. The predicted octanol–water partition coefficient (Wildman–Crippen LogP) is 5.07. The molecular formula is C28H26N2O5. The summed E-state index contributed by atoms with van der Waals surface area (Å²) in [5.74, 6) is 1.53. The standard InChI is InChI=1S/C28H26N2O5/c1-28(2)15-19-7-9-21(33-3)13-22(19)23(30-28)14-24(31)17-5-4-6-18(11-17)27(32)29-20-8-10-25-26(12-20)35-16-34-25/h4-13H,14-16H2,1-3H3,(H,29,32). The number of ether oxygens (including phenoxy) is 3. The maximum absolute atomic E-state index is 13.3. The second-order valence-corrected chi connectivity index (χ2v) is 9.27. The van der Waals surface area contributed by atoms with Gasteiger partial charge in [-0.3, -0.25) is 14.6 Å². The van der Waals surface area contributed by atoms with Gasteiger partial charge in [-0.15, -0.1) is 0 Å². The molecule has 178 valence electrons. The quantitative estimate of drug-likeness (QED) is 0.508. The fraction of sp³-hybridized carbons (Fsp3) is 0.250. The van der Waals surface area contributed by atoms with Gasteiger partial charge in [-0.1, -0.05) is 18.2 Å². The third-order valence-electron chi connectivity index (χ3n) is 6.09. The molecule has 0 aliphatic carbocycles. The molecule has 0 fully saturated rings. The minimum atomic E-state index is -0.315. The number of amides is 1. The molecule has 35 heavy (non-hydrogen) atoms. The number of fused-ring (bicyclic) bond motifs is 2. The lowest BCUT2D eigenvalue weighted by atomic mass is 9.85. The van der Waals surface area contributed by atoms with Crippen LogP contribution in [0, 0.1) is 0 Å². The van der Waals surface area contributed by atoms with Gasteiger partial charge in [-0.05, 0) is 62.2 Å². The van der Waals surface area contributed by atoms with E-state index in [4.69, 9.17) is 19.2 Å². The van der Waals surface area contributed by atoms with Crippen molar-refractivity contribution >= 4 is 23.1 Å². The molecule has 0 aromatic heterocycles. The number of methoxy groups -OCH3 is 1. The number of aliphatic imine (C=N–C) groups is 1. The number of Topliss-reactive ketones (excluding diaryl/α,β-unsaturated/α-hetero) is 1. The van der Waals surface area contributed by atoms with E-state index in [-0.39, 0.29) is 30.4 Å². The van der Waals surface area contributed by atoms with Crippen molar-refractivity contribution < 1.29 is 23.8 Å². The van der Waals surface area contributed by atoms with E-state index >= 15 is 0 Å². The Hall–Kier alpha value is -4.13. The van der Waals surface area contributed by atoms with Crippen molar-refractivity contribution in [3.05, 3.63) is 82.9 Å². The minimum absolute atomic E-state index is 0.104. The zero-order valence-corrected chi connectivity index (χ0v) is 19.9. The lowest BCUT2D eigenvalue weighted by Crippen LogP contribution is -2.30. The van der Waals surface area contributed by atoms with Crippen LogP contribution < -0.4 is 19.5 Å². The third-order valence-corrected chi connectivity index (χ3v) is 6.09. The van der Waals surface area contributed by atoms with Crippen LogP contribution in [0.15, 0.2) is 65.7 Å². The smallest absolute Gasteiger partial charge is 0.255 e. The Balaban J connectivity index is 1.35. The Morgan fingerprint density at radius 2 is 1.80 bits per heavy atom. The Morgan fingerprint density at radius 1 is 1.00 bits per heavy atom. The first-order valence-electron chi connectivity index (χ1n) is 11.4. The van der Waals surface area contributed by atoms with Gasteiger partial charge in [0.25, 0.3) is 5.91 Å². The molecule has 5 rings (SSSR count). The van der Waals surface area contributed by atoms with E-state index in [1.807, 2.05) is 18.2 Å². The van der Waals surface area contributed by atoms with Gasteiger partial charge < -0.3 is 19.5 Å². The second-order valence-electron chi connectivity index (χ2n) is 9.27. The molecule has 2 aliphatic heterocycles. The van der Waals surface area contributed by atoms with E-state index in [2.05, 4.69) is 19.2 Å². The first-order chi connectivity index (χ1) is 16.8. The third kappa shape index (κ3) is 4.75. The first kappa shape index (κ1) is 22.7. The van der Waals surface area contributed by atoms with E-state index in [1.165, 1.54) is 0 Å². The SMILES string of the molecule is COc1ccc2c(c1)C(CC(=O)c1cccc(C(=O)Nc3ccc4c(c3)OCO4)c1)=NC(C)(C)C2. The van der Waals surface area contributed by atoms with Crippen LogP contribution in [-0.4, -0.2) is 36.8 Å². The van der Waals surface area contributed by atoms with Crippen LogP contribution in [0.5, 0.6) is 17.2 Å². The van der Waals surface area contributed by atoms with Gasteiger partial charge in [0, 0.05) is 28.4 Å². The molecule has 1 amide bonds. The zero-order valence-electron chi connectivity index (χ0n) is 19.9. The van der Waals surface area contributed by atoms with Crippen molar-refractivity contribution in [3.63, 3.8) is 0 Å². The number of rotatable bonds is 6. The summed E-state index contributed by atoms with van der Waals surface area (Å²) in [4.78, 5) is 31.0. The number of nitrogens with one attached hydrogen (secondary N) is 1. The number of anilines is 1. The summed E-state index contributed by atoms with van der Waals surface area (Å²) in [6.45, 7) is 4.29. The van der Waals surface area contributed by atoms with Crippen molar-refractivity contribution in [1.82, 2.24) is 0 Å². The van der Waals surface area contributed by atoms with Gasteiger partial charge in [-0.25, -0.2) is 0 Å². The molecule has 0 saturated heterocycles. The normalized spacial score (nSPS) is 15.1. The van der Waals surface area contributed by atoms with E-state index in [1.54, 1.807) is 49.6 Å². The number of hydrogen-bond donors (Lipinski definition) is 1. The van der Waals surface area contributed by atoms with Gasteiger partial charge in [0.2, 0.25) is 6.79 Å². The van der Waals surface area contributed by atoms with Gasteiger partial charge in [0.1, 0.15) is 5.75 Å². The predicted molar refractivity (Wildman–Crippen MR) is 133 cm³/mol. The molecule has 0 radical (unpaired) electrons. The summed E-state index contributed by atoms with van der Waals surface area (Å²) in [7, 11) is 1.62. The van der Waals surface area contributed by atoms with Crippen molar-refractivity contribution in [2.24, 2.45) is 4.99 Å². The fourth-order valence-corrected chi connectivity index (χ4v) is 4.44. The Kier molecular flexibility index (Phi) is 5.76. The molecule has 7 heteroatoms. The highest BCUT2D eigenvalue weighted by Gasteiger charge is 2.28. The highest BCUT2D eigenvalue weighted by atomic mass is 16.7. The summed E-state index contributed by atoms with van der Waals surface area (Å²) in [5, 5.41) is 2.85. The average Bonchev–Trinajstić information content (AvgIpc) is 3.31. The molecule has 0 saturated carbocycles. The zero-order chi connectivity index (χ0) is 24.6. The largest absolute Gasteiger partial charge is 0.497 e. The number of carbonyl (C=O) groups excluding carboxylic acids is 2. The molecule has 1 N–H and O–H groups in total. The summed E-state index contributed by atoms with van der Waals surface area (Å²) in [6, 6.07) is 17.8.